The second-order valence-corrected chi connectivity index (χ2v) is 7.92. The number of benzene rings is 1. The molecule has 1 aromatic heterocycles. The molecule has 0 radical (unpaired) electrons. The number of aromatic nitrogens is 1. The molecular formula is C23H21F4N3O3. The minimum Gasteiger partial charge on any atom is -0.343 e. The van der Waals surface area contributed by atoms with Gasteiger partial charge in [-0.1, -0.05) is 5.92 Å². The maximum atomic E-state index is 13.5. The first-order valence-electron chi connectivity index (χ1n) is 10.0. The molecule has 33 heavy (non-hydrogen) atoms. The molecule has 1 aliphatic carbocycles. The van der Waals surface area contributed by atoms with Gasteiger partial charge in [-0.25, -0.2) is 4.39 Å². The van der Waals surface area contributed by atoms with E-state index in [9.17, 15) is 31.9 Å². The van der Waals surface area contributed by atoms with Crippen LogP contribution in [0.1, 0.15) is 50.5 Å². The summed E-state index contributed by atoms with van der Waals surface area (Å²) in [6.45, 7) is 2.98. The van der Waals surface area contributed by atoms with Crippen LogP contribution in [-0.2, 0) is 18.0 Å². The molecule has 0 unspecified atom stereocenters. The van der Waals surface area contributed by atoms with Crippen LogP contribution in [0.4, 0.5) is 23.2 Å². The summed E-state index contributed by atoms with van der Waals surface area (Å²) in [5.41, 5.74) is -1.34. The lowest BCUT2D eigenvalue weighted by Crippen LogP contribution is -2.40. The fourth-order valence-corrected chi connectivity index (χ4v) is 3.69. The monoisotopic (exact) mass is 463 g/mol. The molecule has 174 valence electrons. The van der Waals surface area contributed by atoms with E-state index in [0.29, 0.717) is 17.8 Å². The lowest BCUT2D eigenvalue weighted by Gasteiger charge is -2.12. The van der Waals surface area contributed by atoms with Crippen LogP contribution in [0.2, 0.25) is 0 Å². The first-order chi connectivity index (χ1) is 15.4. The van der Waals surface area contributed by atoms with Crippen molar-refractivity contribution in [2.24, 2.45) is 13.0 Å². The molecular weight excluding hydrogens is 442 g/mol. The molecule has 10 heteroatoms. The average Bonchev–Trinajstić information content (AvgIpc) is 3.54. The number of ketones is 1. The summed E-state index contributed by atoms with van der Waals surface area (Å²) in [6, 6.07) is 1.51. The summed E-state index contributed by atoms with van der Waals surface area (Å²) in [4.78, 5) is 38.1. The summed E-state index contributed by atoms with van der Waals surface area (Å²) < 4.78 is 53.8. The number of anilines is 1. The number of rotatable bonds is 6. The second kappa shape index (κ2) is 8.73. The zero-order valence-corrected chi connectivity index (χ0v) is 18.1. The molecule has 1 aromatic carbocycles. The Morgan fingerprint density at radius 3 is 2.39 bits per heavy atom. The van der Waals surface area contributed by atoms with Crippen LogP contribution >= 0.6 is 0 Å². The average molecular weight is 463 g/mol. The minimum absolute atomic E-state index is 0.00167. The number of halogens is 4. The van der Waals surface area contributed by atoms with Crippen molar-refractivity contribution in [2.75, 3.05) is 5.32 Å². The molecule has 1 fully saturated rings. The van der Waals surface area contributed by atoms with Crippen molar-refractivity contribution >= 4 is 23.3 Å². The Kier molecular flexibility index (Phi) is 6.36. The van der Waals surface area contributed by atoms with Gasteiger partial charge in [-0.2, -0.15) is 13.2 Å². The van der Waals surface area contributed by atoms with Crippen molar-refractivity contribution in [1.29, 1.82) is 0 Å². The maximum Gasteiger partial charge on any atom is 0.419 e. The van der Waals surface area contributed by atoms with E-state index in [-0.39, 0.29) is 28.4 Å². The van der Waals surface area contributed by atoms with E-state index in [1.54, 1.807) is 0 Å². The van der Waals surface area contributed by atoms with Gasteiger partial charge in [-0.3, -0.25) is 14.4 Å². The highest BCUT2D eigenvalue weighted by atomic mass is 19.4. The second-order valence-electron chi connectivity index (χ2n) is 7.92. The highest BCUT2D eigenvalue weighted by molar-refractivity contribution is 6.43. The summed E-state index contributed by atoms with van der Waals surface area (Å²) >= 11 is 0. The SMILES string of the molecule is C#C[C@H](NC(=O)C(=O)c1c(C)c(C(=O)Nc2ccc(F)c(C(F)(F)F)c2)n(C)c1C)C1CC1. The van der Waals surface area contributed by atoms with Gasteiger partial charge in [-0.05, 0) is 56.4 Å². The van der Waals surface area contributed by atoms with Gasteiger partial charge in [0.25, 0.3) is 17.6 Å². The molecule has 2 aromatic rings. The van der Waals surface area contributed by atoms with Crippen LogP contribution in [-0.4, -0.2) is 28.2 Å². The number of amides is 2. The standard InChI is InChI=1S/C23H21F4N3O3/c1-5-17(13-6-7-13)29-22(33)20(31)18-11(2)19(30(4)12(18)3)21(32)28-14-8-9-16(24)15(10-14)23(25,26)27/h1,8-10,13,17H,6-7H2,2-4H3,(H,28,32)(H,29,33)/t17-/m0/s1. The Balaban J connectivity index is 1.87. The third kappa shape index (κ3) is 4.77. The zero-order valence-electron chi connectivity index (χ0n) is 18.1. The van der Waals surface area contributed by atoms with E-state index in [4.69, 9.17) is 6.42 Å². The topological polar surface area (TPSA) is 80.2 Å². The van der Waals surface area contributed by atoms with Gasteiger partial charge in [0.2, 0.25) is 0 Å². The van der Waals surface area contributed by atoms with Crippen molar-refractivity contribution in [3.8, 4) is 12.3 Å². The van der Waals surface area contributed by atoms with Crippen LogP contribution in [0.25, 0.3) is 0 Å². The number of alkyl halides is 3. The van der Waals surface area contributed by atoms with E-state index in [2.05, 4.69) is 16.6 Å². The molecule has 1 atom stereocenters. The number of hydrogen-bond acceptors (Lipinski definition) is 3. The number of nitrogens with zero attached hydrogens (tertiary/aromatic N) is 1. The Hall–Kier alpha value is -3.61. The Morgan fingerprint density at radius 2 is 1.85 bits per heavy atom. The van der Waals surface area contributed by atoms with Crippen LogP contribution in [0.15, 0.2) is 18.2 Å². The van der Waals surface area contributed by atoms with Gasteiger partial charge >= 0.3 is 6.18 Å². The molecule has 6 nitrogen and oxygen atoms in total. The van der Waals surface area contributed by atoms with E-state index in [0.717, 1.165) is 18.9 Å². The van der Waals surface area contributed by atoms with Crippen molar-refractivity contribution in [3.63, 3.8) is 0 Å². The molecule has 0 spiro atoms. The summed E-state index contributed by atoms with van der Waals surface area (Å²) in [7, 11) is 1.48. The Bertz CT molecular complexity index is 1190. The first kappa shape index (κ1) is 24.0. The predicted molar refractivity (Wildman–Crippen MR) is 112 cm³/mol. The third-order valence-corrected chi connectivity index (χ3v) is 5.67. The number of nitrogens with one attached hydrogen (secondary N) is 2. The Labute approximate surface area is 187 Å². The molecule has 1 saturated carbocycles. The molecule has 3 rings (SSSR count). The Morgan fingerprint density at radius 1 is 1.21 bits per heavy atom. The quantitative estimate of drug-likeness (QED) is 0.296. The summed E-state index contributed by atoms with van der Waals surface area (Å²) in [5.74, 6) is -1.49. The maximum absolute atomic E-state index is 13.5. The van der Waals surface area contributed by atoms with Crippen molar-refractivity contribution in [3.05, 3.63) is 52.1 Å². The van der Waals surface area contributed by atoms with Crippen LogP contribution in [0.3, 0.4) is 0 Å². The highest BCUT2D eigenvalue weighted by Gasteiger charge is 2.36. The lowest BCUT2D eigenvalue weighted by molar-refractivity contribution is -0.139. The molecule has 1 heterocycles. The van der Waals surface area contributed by atoms with E-state index < -0.39 is 41.2 Å². The van der Waals surface area contributed by atoms with Gasteiger partial charge in [0.15, 0.2) is 0 Å². The van der Waals surface area contributed by atoms with E-state index in [1.165, 1.54) is 25.5 Å². The number of carbonyl (C=O) groups is 3. The van der Waals surface area contributed by atoms with E-state index in [1.807, 2.05) is 0 Å². The smallest absolute Gasteiger partial charge is 0.343 e. The van der Waals surface area contributed by atoms with Crippen LogP contribution in [0, 0.1) is 37.9 Å². The molecule has 1 aliphatic rings. The number of terminal acetylenes is 1. The van der Waals surface area contributed by atoms with Gasteiger partial charge in [-0.15, -0.1) is 6.42 Å². The predicted octanol–water partition coefficient (Wildman–Crippen LogP) is 3.76. The van der Waals surface area contributed by atoms with Gasteiger partial charge in [0, 0.05) is 18.4 Å². The molecule has 0 bridgehead atoms. The van der Waals surface area contributed by atoms with Crippen molar-refractivity contribution in [1.82, 2.24) is 9.88 Å². The largest absolute Gasteiger partial charge is 0.419 e. The number of Topliss-reactive ketones (excluding diaryl/α,β-unsaturated/α-hetero) is 1. The molecule has 2 N–H and O–H groups in total. The highest BCUT2D eigenvalue weighted by Crippen LogP contribution is 2.34. The summed E-state index contributed by atoms with van der Waals surface area (Å²) in [6.07, 6.45) is 2.20. The molecule has 0 aliphatic heterocycles. The van der Waals surface area contributed by atoms with Gasteiger partial charge in [0.05, 0.1) is 17.2 Å². The van der Waals surface area contributed by atoms with Crippen molar-refractivity contribution in [2.45, 2.75) is 38.9 Å². The fraction of sp³-hybridized carbons (Fsp3) is 0.348. The normalized spacial score (nSPS) is 14.4. The fourth-order valence-electron chi connectivity index (χ4n) is 3.69. The first-order valence-corrected chi connectivity index (χ1v) is 10.0. The third-order valence-electron chi connectivity index (χ3n) is 5.67. The molecule has 2 amide bonds. The minimum atomic E-state index is -4.94. The van der Waals surface area contributed by atoms with Gasteiger partial charge in [0.1, 0.15) is 11.5 Å². The number of hydrogen-bond donors (Lipinski definition) is 2. The van der Waals surface area contributed by atoms with E-state index >= 15 is 0 Å². The van der Waals surface area contributed by atoms with Gasteiger partial charge < -0.3 is 15.2 Å². The lowest BCUT2D eigenvalue weighted by atomic mass is 10.0. The van der Waals surface area contributed by atoms with Crippen LogP contribution < -0.4 is 10.6 Å². The summed E-state index contributed by atoms with van der Waals surface area (Å²) in [5, 5.41) is 4.82. The van der Waals surface area contributed by atoms with Crippen LogP contribution in [0.5, 0.6) is 0 Å². The number of carbonyl (C=O) groups excluding carboxylic acids is 3. The van der Waals surface area contributed by atoms with Crippen molar-refractivity contribution < 1.29 is 31.9 Å². The zero-order chi connectivity index (χ0) is 24.7. The molecule has 0 saturated heterocycles.